The van der Waals surface area contributed by atoms with Crippen molar-refractivity contribution in [3.63, 3.8) is 0 Å². The third kappa shape index (κ3) is 5.19. The summed E-state index contributed by atoms with van der Waals surface area (Å²) in [6.45, 7) is 6.88. The number of carboxylic acid groups (broad SMARTS) is 1. The summed E-state index contributed by atoms with van der Waals surface area (Å²) in [6.07, 6.45) is 1.41. The number of rotatable bonds is 8. The van der Waals surface area contributed by atoms with Crippen LogP contribution in [0.4, 0.5) is 0 Å². The molecule has 0 saturated heterocycles. The van der Waals surface area contributed by atoms with Crippen molar-refractivity contribution in [3.05, 3.63) is 42.5 Å². The smallest absolute Gasteiger partial charge is 0.326 e. The summed E-state index contributed by atoms with van der Waals surface area (Å²) in [4.78, 5) is 23.1. The molecule has 0 spiro atoms. The lowest BCUT2D eigenvalue weighted by atomic mass is 10.0. The summed E-state index contributed by atoms with van der Waals surface area (Å²) in [5.41, 5.74) is 0.180. The van der Waals surface area contributed by atoms with E-state index in [0.29, 0.717) is 0 Å². The molecule has 0 bridgehead atoms. The molecule has 23 heavy (non-hydrogen) atoms. The minimum atomic E-state index is -3.66. The van der Waals surface area contributed by atoms with E-state index in [4.69, 9.17) is 5.11 Å². The van der Waals surface area contributed by atoms with Gasteiger partial charge in [0.05, 0.1) is 4.90 Å². The lowest BCUT2D eigenvalue weighted by Gasteiger charge is -2.17. The van der Waals surface area contributed by atoms with Gasteiger partial charge in [-0.05, 0) is 30.2 Å². The van der Waals surface area contributed by atoms with E-state index in [1.54, 1.807) is 13.8 Å². The fourth-order valence-corrected chi connectivity index (χ4v) is 2.77. The summed E-state index contributed by atoms with van der Waals surface area (Å²) in [6, 6.07) is 4.21. The Kier molecular flexibility index (Phi) is 6.47. The fourth-order valence-electron chi connectivity index (χ4n) is 1.78. The van der Waals surface area contributed by atoms with E-state index in [1.165, 1.54) is 30.3 Å². The molecule has 126 valence electrons. The van der Waals surface area contributed by atoms with Crippen LogP contribution in [0.3, 0.4) is 0 Å². The number of sulfonamides is 1. The first-order valence-electron chi connectivity index (χ1n) is 6.93. The van der Waals surface area contributed by atoms with E-state index >= 15 is 0 Å². The van der Waals surface area contributed by atoms with Gasteiger partial charge in [-0.1, -0.05) is 19.9 Å². The number of hydrogen-bond acceptors (Lipinski definition) is 4. The van der Waals surface area contributed by atoms with E-state index < -0.39 is 27.9 Å². The summed E-state index contributed by atoms with van der Waals surface area (Å²) < 4.78 is 26.1. The van der Waals surface area contributed by atoms with Gasteiger partial charge in [0.1, 0.15) is 6.04 Å². The molecule has 0 aliphatic carbocycles. The Morgan fingerprint density at radius 1 is 1.26 bits per heavy atom. The van der Waals surface area contributed by atoms with Crippen LogP contribution in [-0.2, 0) is 14.8 Å². The number of hydrogen-bond donors (Lipinski definition) is 3. The van der Waals surface area contributed by atoms with Gasteiger partial charge in [-0.3, -0.25) is 4.79 Å². The largest absolute Gasteiger partial charge is 0.480 e. The lowest BCUT2D eigenvalue weighted by molar-refractivity contribution is -0.140. The molecular weight excluding hydrogens is 320 g/mol. The van der Waals surface area contributed by atoms with Crippen LogP contribution in [0.2, 0.25) is 0 Å². The van der Waals surface area contributed by atoms with Crippen LogP contribution in [0, 0.1) is 5.92 Å². The second-order valence-corrected chi connectivity index (χ2v) is 6.97. The summed E-state index contributed by atoms with van der Waals surface area (Å²) in [5, 5.41) is 11.5. The van der Waals surface area contributed by atoms with Crippen molar-refractivity contribution in [1.29, 1.82) is 0 Å². The highest BCUT2D eigenvalue weighted by molar-refractivity contribution is 7.89. The number of benzene rings is 1. The first-order chi connectivity index (χ1) is 10.7. The SMILES string of the molecule is C=CCNS(=O)(=O)c1ccc(C(=O)NC(C(=O)O)C(C)C)cc1. The Morgan fingerprint density at radius 3 is 2.26 bits per heavy atom. The monoisotopic (exact) mass is 340 g/mol. The number of carboxylic acids is 1. The van der Waals surface area contributed by atoms with Gasteiger partial charge in [0.15, 0.2) is 0 Å². The molecule has 0 aromatic heterocycles. The second-order valence-electron chi connectivity index (χ2n) is 5.20. The van der Waals surface area contributed by atoms with Gasteiger partial charge in [0.25, 0.3) is 5.91 Å². The molecule has 0 heterocycles. The Hall–Kier alpha value is -2.19. The zero-order valence-electron chi connectivity index (χ0n) is 12.9. The third-order valence-corrected chi connectivity index (χ3v) is 4.50. The predicted octanol–water partition coefficient (Wildman–Crippen LogP) is 0.990. The quantitative estimate of drug-likeness (QED) is 0.611. The molecule has 1 rings (SSSR count). The van der Waals surface area contributed by atoms with Crippen molar-refractivity contribution in [3.8, 4) is 0 Å². The van der Waals surface area contributed by atoms with Crippen molar-refractivity contribution >= 4 is 21.9 Å². The fraction of sp³-hybridized carbons (Fsp3) is 0.333. The van der Waals surface area contributed by atoms with Crippen LogP contribution in [0.15, 0.2) is 41.8 Å². The van der Waals surface area contributed by atoms with Gasteiger partial charge in [0, 0.05) is 12.1 Å². The maximum atomic E-state index is 12.0. The molecule has 0 aliphatic rings. The number of aliphatic carboxylic acids is 1. The van der Waals surface area contributed by atoms with Crippen molar-refractivity contribution in [2.45, 2.75) is 24.8 Å². The number of carbonyl (C=O) groups is 2. The predicted molar refractivity (Wildman–Crippen MR) is 85.6 cm³/mol. The molecule has 0 fully saturated rings. The summed E-state index contributed by atoms with van der Waals surface area (Å²) in [5.74, 6) is -1.98. The Balaban J connectivity index is 2.90. The van der Waals surface area contributed by atoms with Gasteiger partial charge in [-0.25, -0.2) is 17.9 Å². The van der Waals surface area contributed by atoms with Crippen LogP contribution < -0.4 is 10.0 Å². The zero-order chi connectivity index (χ0) is 17.6. The van der Waals surface area contributed by atoms with Gasteiger partial charge in [-0.2, -0.15) is 0 Å². The van der Waals surface area contributed by atoms with Gasteiger partial charge in [-0.15, -0.1) is 6.58 Å². The molecule has 3 N–H and O–H groups in total. The Morgan fingerprint density at radius 2 is 1.83 bits per heavy atom. The zero-order valence-corrected chi connectivity index (χ0v) is 13.8. The molecule has 1 aromatic rings. The molecule has 1 aromatic carbocycles. The molecule has 7 nitrogen and oxygen atoms in total. The minimum Gasteiger partial charge on any atom is -0.480 e. The average molecular weight is 340 g/mol. The van der Waals surface area contributed by atoms with Crippen LogP contribution in [0.1, 0.15) is 24.2 Å². The van der Waals surface area contributed by atoms with E-state index in [-0.39, 0.29) is 22.9 Å². The molecule has 1 amide bonds. The second kappa shape index (κ2) is 7.89. The highest BCUT2D eigenvalue weighted by Crippen LogP contribution is 2.11. The molecule has 8 heteroatoms. The van der Waals surface area contributed by atoms with Gasteiger partial charge < -0.3 is 10.4 Å². The Labute approximate surface area is 135 Å². The third-order valence-electron chi connectivity index (χ3n) is 3.06. The summed E-state index contributed by atoms with van der Waals surface area (Å²) in [7, 11) is -3.66. The lowest BCUT2D eigenvalue weighted by Crippen LogP contribution is -2.44. The number of carbonyl (C=O) groups excluding carboxylic acids is 1. The van der Waals surface area contributed by atoms with Crippen LogP contribution in [0.25, 0.3) is 0 Å². The van der Waals surface area contributed by atoms with E-state index in [2.05, 4.69) is 16.6 Å². The normalized spacial score (nSPS) is 12.7. The standard InChI is InChI=1S/C15H20N2O5S/c1-4-9-16-23(21,22)12-7-5-11(6-8-12)14(18)17-13(10(2)3)15(19)20/h4-8,10,13,16H,1,9H2,2-3H3,(H,17,18)(H,19,20). The van der Waals surface area contributed by atoms with Crippen LogP contribution in [-0.4, -0.2) is 38.0 Å². The molecule has 0 saturated carbocycles. The number of amides is 1. The molecular formula is C15H20N2O5S. The molecule has 1 unspecified atom stereocenters. The van der Waals surface area contributed by atoms with E-state index in [9.17, 15) is 18.0 Å². The van der Waals surface area contributed by atoms with Crippen LogP contribution >= 0.6 is 0 Å². The molecule has 1 atom stereocenters. The minimum absolute atomic E-state index is 0.00884. The Bertz CT molecular complexity index is 680. The van der Waals surface area contributed by atoms with Gasteiger partial charge >= 0.3 is 5.97 Å². The van der Waals surface area contributed by atoms with Crippen molar-refractivity contribution in [1.82, 2.24) is 10.0 Å². The van der Waals surface area contributed by atoms with E-state index in [0.717, 1.165) is 0 Å². The highest BCUT2D eigenvalue weighted by atomic mass is 32.2. The topological polar surface area (TPSA) is 113 Å². The first-order valence-corrected chi connectivity index (χ1v) is 8.41. The molecule has 0 aliphatic heterocycles. The molecule has 0 radical (unpaired) electrons. The van der Waals surface area contributed by atoms with Gasteiger partial charge in [0.2, 0.25) is 10.0 Å². The highest BCUT2D eigenvalue weighted by Gasteiger charge is 2.24. The summed E-state index contributed by atoms with van der Waals surface area (Å²) >= 11 is 0. The maximum absolute atomic E-state index is 12.0. The van der Waals surface area contributed by atoms with Crippen LogP contribution in [0.5, 0.6) is 0 Å². The first kappa shape index (κ1) is 18.9. The average Bonchev–Trinajstić information content (AvgIpc) is 2.49. The van der Waals surface area contributed by atoms with E-state index in [1.807, 2.05) is 0 Å². The van der Waals surface area contributed by atoms with Crippen molar-refractivity contribution < 1.29 is 23.1 Å². The maximum Gasteiger partial charge on any atom is 0.326 e. The van der Waals surface area contributed by atoms with Crippen molar-refractivity contribution in [2.24, 2.45) is 5.92 Å². The van der Waals surface area contributed by atoms with Crippen molar-refractivity contribution in [2.75, 3.05) is 6.54 Å². The number of nitrogens with one attached hydrogen (secondary N) is 2.